The molecule has 0 unspecified atom stereocenters. The molecule has 6 nitrogen and oxygen atoms in total. The number of piperidine rings is 1. The fourth-order valence-electron chi connectivity index (χ4n) is 4.55. The number of hydrogen-bond donors (Lipinski definition) is 1. The Hall–Kier alpha value is -1.92. The quantitative estimate of drug-likeness (QED) is 0.869. The molecule has 0 aromatic heterocycles. The molecule has 0 radical (unpaired) electrons. The summed E-state index contributed by atoms with van der Waals surface area (Å²) >= 11 is 0. The Morgan fingerprint density at radius 3 is 2.67 bits per heavy atom. The zero-order chi connectivity index (χ0) is 18.7. The number of hydrogen-bond acceptors (Lipinski definition) is 4. The summed E-state index contributed by atoms with van der Waals surface area (Å²) in [4.78, 5) is 28.6. The topological polar surface area (TPSA) is 61.9 Å². The second-order valence-electron chi connectivity index (χ2n) is 8.25. The molecule has 4 rings (SSSR count). The lowest BCUT2D eigenvalue weighted by atomic mass is 9.77. The molecule has 0 aliphatic carbocycles. The van der Waals surface area contributed by atoms with Crippen molar-refractivity contribution >= 4 is 11.8 Å². The lowest BCUT2D eigenvalue weighted by molar-refractivity contribution is -0.138. The molecule has 6 heteroatoms. The summed E-state index contributed by atoms with van der Waals surface area (Å²) in [7, 11) is 0. The van der Waals surface area contributed by atoms with Crippen LogP contribution in [0.15, 0.2) is 30.3 Å². The standard InChI is InChI=1S/C21H29N3O3/c25-19-13-21(16-22-19)6-8-24(9-7-21)20(26)12-18-15-23(10-11-27-18)14-17-4-2-1-3-5-17/h1-5,18H,6-16H2,(H,22,25)/t18-/m0/s1. The average Bonchev–Trinajstić information content (AvgIpc) is 3.03. The number of ether oxygens (including phenoxy) is 1. The van der Waals surface area contributed by atoms with Gasteiger partial charge in [0.1, 0.15) is 0 Å². The highest BCUT2D eigenvalue weighted by Crippen LogP contribution is 2.37. The second-order valence-corrected chi connectivity index (χ2v) is 8.25. The van der Waals surface area contributed by atoms with Crippen molar-refractivity contribution in [1.82, 2.24) is 15.1 Å². The molecule has 3 aliphatic heterocycles. The van der Waals surface area contributed by atoms with Crippen molar-refractivity contribution in [1.29, 1.82) is 0 Å². The molecule has 1 N–H and O–H groups in total. The number of benzene rings is 1. The van der Waals surface area contributed by atoms with Crippen LogP contribution in [0.1, 0.15) is 31.2 Å². The van der Waals surface area contributed by atoms with Crippen molar-refractivity contribution in [2.75, 3.05) is 39.3 Å². The van der Waals surface area contributed by atoms with Crippen LogP contribution in [0.2, 0.25) is 0 Å². The number of nitrogens with one attached hydrogen (secondary N) is 1. The predicted octanol–water partition coefficient (Wildman–Crippen LogP) is 1.41. The van der Waals surface area contributed by atoms with Crippen LogP contribution in [0.4, 0.5) is 0 Å². The molecule has 1 aromatic carbocycles. The van der Waals surface area contributed by atoms with Crippen LogP contribution in [0.5, 0.6) is 0 Å². The number of rotatable bonds is 4. The SMILES string of the molecule is O=C1CC2(CCN(C(=O)C[C@H]3CN(Cc4ccccc4)CCO3)CC2)CN1. The molecule has 3 saturated heterocycles. The summed E-state index contributed by atoms with van der Waals surface area (Å²) < 4.78 is 5.87. The second kappa shape index (κ2) is 7.98. The Balaban J connectivity index is 1.25. The number of carbonyl (C=O) groups excluding carboxylic acids is 2. The van der Waals surface area contributed by atoms with Gasteiger partial charge in [0, 0.05) is 45.7 Å². The van der Waals surface area contributed by atoms with E-state index in [1.54, 1.807) is 0 Å². The first kappa shape index (κ1) is 18.4. The van der Waals surface area contributed by atoms with Gasteiger partial charge in [-0.25, -0.2) is 0 Å². The number of morpholine rings is 1. The maximum Gasteiger partial charge on any atom is 0.225 e. The Labute approximate surface area is 160 Å². The van der Waals surface area contributed by atoms with E-state index in [1.807, 2.05) is 11.0 Å². The zero-order valence-corrected chi connectivity index (χ0v) is 15.9. The highest BCUT2D eigenvalue weighted by molar-refractivity contribution is 5.79. The Bertz CT molecular complexity index is 671. The predicted molar refractivity (Wildman–Crippen MR) is 102 cm³/mol. The Morgan fingerprint density at radius 1 is 1.19 bits per heavy atom. The van der Waals surface area contributed by atoms with E-state index in [0.29, 0.717) is 19.4 Å². The fourth-order valence-corrected chi connectivity index (χ4v) is 4.55. The van der Waals surface area contributed by atoms with Crippen LogP contribution in [-0.4, -0.2) is 67.0 Å². The highest BCUT2D eigenvalue weighted by atomic mass is 16.5. The van der Waals surface area contributed by atoms with Crippen LogP contribution >= 0.6 is 0 Å². The highest BCUT2D eigenvalue weighted by Gasteiger charge is 2.41. The van der Waals surface area contributed by atoms with E-state index in [2.05, 4.69) is 34.5 Å². The van der Waals surface area contributed by atoms with Gasteiger partial charge in [-0.2, -0.15) is 0 Å². The molecule has 1 atom stereocenters. The van der Waals surface area contributed by atoms with E-state index >= 15 is 0 Å². The molecule has 3 aliphatic rings. The minimum atomic E-state index is -0.0272. The first-order valence-corrected chi connectivity index (χ1v) is 10.0. The minimum Gasteiger partial charge on any atom is -0.375 e. The first-order valence-electron chi connectivity index (χ1n) is 10.0. The van der Waals surface area contributed by atoms with E-state index in [1.165, 1.54) is 5.56 Å². The van der Waals surface area contributed by atoms with Crippen LogP contribution in [0.3, 0.4) is 0 Å². The van der Waals surface area contributed by atoms with Crippen LogP contribution in [0, 0.1) is 5.41 Å². The summed E-state index contributed by atoms with van der Waals surface area (Å²) in [5.74, 6) is 0.345. The Morgan fingerprint density at radius 2 is 1.96 bits per heavy atom. The molecule has 3 heterocycles. The summed E-state index contributed by atoms with van der Waals surface area (Å²) in [6.45, 7) is 5.59. The number of nitrogens with zero attached hydrogens (tertiary/aromatic N) is 2. The third kappa shape index (κ3) is 4.50. The van der Waals surface area contributed by atoms with Gasteiger partial charge < -0.3 is 15.0 Å². The maximum atomic E-state index is 12.7. The van der Waals surface area contributed by atoms with Gasteiger partial charge in [0.15, 0.2) is 0 Å². The third-order valence-corrected chi connectivity index (χ3v) is 6.25. The third-order valence-electron chi connectivity index (χ3n) is 6.25. The number of carbonyl (C=O) groups is 2. The van der Waals surface area contributed by atoms with Crippen molar-refractivity contribution in [2.24, 2.45) is 5.41 Å². The summed E-state index contributed by atoms with van der Waals surface area (Å²) in [5, 5.41) is 2.95. The van der Waals surface area contributed by atoms with Gasteiger partial charge in [-0.3, -0.25) is 14.5 Å². The lowest BCUT2D eigenvalue weighted by Gasteiger charge is -2.39. The van der Waals surface area contributed by atoms with E-state index < -0.39 is 0 Å². The van der Waals surface area contributed by atoms with Crippen molar-refractivity contribution in [3.63, 3.8) is 0 Å². The number of amides is 2. The van der Waals surface area contributed by atoms with Crippen molar-refractivity contribution < 1.29 is 14.3 Å². The normalized spacial score (nSPS) is 25.6. The monoisotopic (exact) mass is 371 g/mol. The number of likely N-dealkylation sites (tertiary alicyclic amines) is 1. The van der Waals surface area contributed by atoms with Gasteiger partial charge in [0.05, 0.1) is 19.1 Å². The molecule has 146 valence electrons. The van der Waals surface area contributed by atoms with Gasteiger partial charge in [0.2, 0.25) is 11.8 Å². The molecule has 1 aromatic rings. The van der Waals surface area contributed by atoms with Gasteiger partial charge in [-0.15, -0.1) is 0 Å². The van der Waals surface area contributed by atoms with Crippen LogP contribution in [0.25, 0.3) is 0 Å². The van der Waals surface area contributed by atoms with Crippen molar-refractivity contribution in [3.8, 4) is 0 Å². The molecular formula is C21H29N3O3. The van der Waals surface area contributed by atoms with Gasteiger partial charge in [-0.1, -0.05) is 30.3 Å². The largest absolute Gasteiger partial charge is 0.375 e. The van der Waals surface area contributed by atoms with Crippen molar-refractivity contribution in [3.05, 3.63) is 35.9 Å². The van der Waals surface area contributed by atoms with Crippen LogP contribution < -0.4 is 5.32 Å². The molecular weight excluding hydrogens is 342 g/mol. The van der Waals surface area contributed by atoms with E-state index in [9.17, 15) is 9.59 Å². The van der Waals surface area contributed by atoms with E-state index in [4.69, 9.17) is 4.74 Å². The zero-order valence-electron chi connectivity index (χ0n) is 15.9. The minimum absolute atomic E-state index is 0.0272. The molecule has 2 amide bonds. The maximum absolute atomic E-state index is 12.7. The Kier molecular flexibility index (Phi) is 5.45. The molecule has 27 heavy (non-hydrogen) atoms. The van der Waals surface area contributed by atoms with Gasteiger partial charge in [-0.05, 0) is 23.8 Å². The van der Waals surface area contributed by atoms with Crippen LogP contribution in [-0.2, 0) is 20.9 Å². The van der Waals surface area contributed by atoms with Gasteiger partial charge in [0.25, 0.3) is 0 Å². The van der Waals surface area contributed by atoms with Crippen molar-refractivity contribution in [2.45, 2.75) is 38.3 Å². The summed E-state index contributed by atoms with van der Waals surface area (Å²) in [5.41, 5.74) is 1.38. The van der Waals surface area contributed by atoms with E-state index in [0.717, 1.165) is 52.1 Å². The summed E-state index contributed by atoms with van der Waals surface area (Å²) in [6, 6.07) is 10.4. The molecule has 0 saturated carbocycles. The lowest BCUT2D eigenvalue weighted by Crippen LogP contribution is -2.47. The average molecular weight is 371 g/mol. The summed E-state index contributed by atoms with van der Waals surface area (Å²) in [6.07, 6.45) is 2.89. The first-order chi connectivity index (χ1) is 13.1. The molecule has 0 bridgehead atoms. The van der Waals surface area contributed by atoms with Gasteiger partial charge >= 0.3 is 0 Å². The smallest absolute Gasteiger partial charge is 0.225 e. The fraction of sp³-hybridized carbons (Fsp3) is 0.619. The molecule has 3 fully saturated rings. The molecule has 1 spiro atoms. The van der Waals surface area contributed by atoms with E-state index in [-0.39, 0.29) is 23.3 Å².